The first-order valence-corrected chi connectivity index (χ1v) is 7.43. The summed E-state index contributed by atoms with van der Waals surface area (Å²) in [5.74, 6) is 2.10. The van der Waals surface area contributed by atoms with Gasteiger partial charge in [-0.05, 0) is 30.4 Å². The largest absolute Gasteiger partial charge is 0.384 e. The number of nitrogens with zero attached hydrogens (tertiary/aromatic N) is 1. The topological polar surface area (TPSA) is 37.0 Å². The summed E-state index contributed by atoms with van der Waals surface area (Å²) >= 11 is 0. The minimum absolute atomic E-state index is 0.695. The zero-order valence-electron chi connectivity index (χ0n) is 13.0. The molecule has 0 aliphatic heterocycles. The average molecular weight is 263 g/mol. The molecule has 0 spiro atoms. The summed E-state index contributed by atoms with van der Waals surface area (Å²) in [6.07, 6.45) is 3.81. The second kappa shape index (κ2) is 8.16. The Balaban J connectivity index is 2.65. The van der Waals surface area contributed by atoms with Crippen molar-refractivity contribution >= 4 is 5.69 Å². The lowest BCUT2D eigenvalue weighted by Gasteiger charge is -2.26. The summed E-state index contributed by atoms with van der Waals surface area (Å²) in [4.78, 5) is 4.22. The van der Waals surface area contributed by atoms with E-state index in [-0.39, 0.29) is 0 Å². The van der Waals surface area contributed by atoms with E-state index in [2.05, 4.69) is 56.3 Å². The second-order valence-corrected chi connectivity index (χ2v) is 5.85. The molecular weight excluding hydrogens is 234 g/mol. The number of rotatable bonds is 8. The molecule has 0 atom stereocenters. The van der Waals surface area contributed by atoms with Crippen LogP contribution in [0.25, 0.3) is 0 Å². The molecule has 1 aromatic heterocycles. The molecule has 0 aromatic carbocycles. The number of anilines is 1. The summed E-state index contributed by atoms with van der Waals surface area (Å²) < 4.78 is 0. The third-order valence-corrected chi connectivity index (χ3v) is 3.71. The third-order valence-electron chi connectivity index (χ3n) is 3.71. The van der Waals surface area contributed by atoms with E-state index in [1.54, 1.807) is 0 Å². The van der Waals surface area contributed by atoms with Gasteiger partial charge in [0.1, 0.15) is 0 Å². The fourth-order valence-electron chi connectivity index (χ4n) is 2.47. The highest BCUT2D eigenvalue weighted by atomic mass is 14.9. The summed E-state index contributed by atoms with van der Waals surface area (Å²) in [6.45, 7) is 14.2. The normalized spacial score (nSPS) is 11.6. The first-order chi connectivity index (χ1) is 9.06. The van der Waals surface area contributed by atoms with E-state index in [1.807, 2.05) is 12.4 Å². The molecule has 19 heavy (non-hydrogen) atoms. The van der Waals surface area contributed by atoms with Crippen molar-refractivity contribution in [3.8, 4) is 0 Å². The Morgan fingerprint density at radius 3 is 2.42 bits per heavy atom. The third kappa shape index (κ3) is 5.19. The van der Waals surface area contributed by atoms with Gasteiger partial charge < -0.3 is 10.6 Å². The van der Waals surface area contributed by atoms with Crippen molar-refractivity contribution < 1.29 is 0 Å². The van der Waals surface area contributed by atoms with Gasteiger partial charge in [0.25, 0.3) is 0 Å². The monoisotopic (exact) mass is 263 g/mol. The summed E-state index contributed by atoms with van der Waals surface area (Å²) in [5.41, 5.74) is 2.46. The van der Waals surface area contributed by atoms with Gasteiger partial charge in [-0.15, -0.1) is 0 Å². The molecule has 1 rings (SSSR count). The highest BCUT2D eigenvalue weighted by Crippen LogP contribution is 2.22. The number of hydrogen-bond donors (Lipinski definition) is 2. The van der Waals surface area contributed by atoms with Gasteiger partial charge in [-0.1, -0.05) is 34.6 Å². The maximum absolute atomic E-state index is 4.22. The average Bonchev–Trinajstić information content (AvgIpc) is 2.37. The number of aromatic nitrogens is 1. The molecule has 1 aromatic rings. The molecule has 0 aliphatic carbocycles. The fraction of sp³-hybridized carbons (Fsp3) is 0.688. The predicted molar refractivity (Wildman–Crippen MR) is 83.3 cm³/mol. The van der Waals surface area contributed by atoms with Crippen molar-refractivity contribution in [2.24, 2.45) is 17.8 Å². The Labute approximate surface area is 118 Å². The van der Waals surface area contributed by atoms with Gasteiger partial charge in [-0.2, -0.15) is 0 Å². The molecule has 0 radical (unpaired) electrons. The van der Waals surface area contributed by atoms with Gasteiger partial charge in [-0.25, -0.2) is 0 Å². The van der Waals surface area contributed by atoms with Crippen LogP contribution in [0, 0.1) is 17.8 Å². The quantitative estimate of drug-likeness (QED) is 0.753. The lowest BCUT2D eigenvalue weighted by atomic mass is 9.85. The van der Waals surface area contributed by atoms with E-state index >= 15 is 0 Å². The summed E-state index contributed by atoms with van der Waals surface area (Å²) in [7, 11) is 0. The lowest BCUT2D eigenvalue weighted by Crippen LogP contribution is -2.25. The Kier molecular flexibility index (Phi) is 6.85. The molecule has 0 bridgehead atoms. The zero-order chi connectivity index (χ0) is 14.3. The van der Waals surface area contributed by atoms with Crippen LogP contribution < -0.4 is 10.6 Å². The molecule has 0 amide bonds. The molecule has 0 aliphatic rings. The molecule has 0 unspecified atom stereocenters. The predicted octanol–water partition coefficient (Wildman–Crippen LogP) is 3.53. The fourth-order valence-corrected chi connectivity index (χ4v) is 2.47. The van der Waals surface area contributed by atoms with E-state index in [4.69, 9.17) is 0 Å². The van der Waals surface area contributed by atoms with Crippen LogP contribution in [0.4, 0.5) is 5.69 Å². The molecule has 1 heterocycles. The molecule has 0 saturated carbocycles. The standard InChI is InChI=1S/C16H29N3/c1-6-17-9-14-10-18-8-7-16(14)19-11-15(12(2)3)13(4)5/h7-8,10,12-13,15,17H,6,9,11H2,1-5H3,(H,18,19). The van der Waals surface area contributed by atoms with Crippen molar-refractivity contribution in [2.75, 3.05) is 18.4 Å². The number of hydrogen-bond acceptors (Lipinski definition) is 3. The number of pyridine rings is 1. The van der Waals surface area contributed by atoms with Crippen molar-refractivity contribution in [3.63, 3.8) is 0 Å². The zero-order valence-corrected chi connectivity index (χ0v) is 13.0. The van der Waals surface area contributed by atoms with Crippen LogP contribution in [-0.2, 0) is 6.54 Å². The Morgan fingerprint density at radius 2 is 1.84 bits per heavy atom. The van der Waals surface area contributed by atoms with E-state index in [0.29, 0.717) is 17.8 Å². The van der Waals surface area contributed by atoms with Gasteiger partial charge >= 0.3 is 0 Å². The smallest absolute Gasteiger partial charge is 0.0416 e. The Morgan fingerprint density at radius 1 is 1.16 bits per heavy atom. The van der Waals surface area contributed by atoms with Gasteiger partial charge in [0.05, 0.1) is 0 Å². The number of nitrogens with one attached hydrogen (secondary N) is 2. The SMILES string of the molecule is CCNCc1cnccc1NCC(C(C)C)C(C)C. The minimum Gasteiger partial charge on any atom is -0.384 e. The molecule has 3 nitrogen and oxygen atoms in total. The van der Waals surface area contributed by atoms with Crippen LogP contribution in [0.5, 0.6) is 0 Å². The lowest BCUT2D eigenvalue weighted by molar-refractivity contribution is 0.304. The van der Waals surface area contributed by atoms with Crippen LogP contribution in [0.3, 0.4) is 0 Å². The van der Waals surface area contributed by atoms with Gasteiger partial charge in [0, 0.05) is 36.7 Å². The molecule has 3 heteroatoms. The molecule has 2 N–H and O–H groups in total. The van der Waals surface area contributed by atoms with Crippen molar-refractivity contribution in [3.05, 3.63) is 24.0 Å². The maximum Gasteiger partial charge on any atom is 0.0416 e. The summed E-state index contributed by atoms with van der Waals surface area (Å²) in [6, 6.07) is 2.07. The Hall–Kier alpha value is -1.09. The van der Waals surface area contributed by atoms with Crippen molar-refractivity contribution in [2.45, 2.75) is 41.2 Å². The molecular formula is C16H29N3. The highest BCUT2D eigenvalue weighted by molar-refractivity contribution is 5.49. The Bertz CT molecular complexity index is 353. The van der Waals surface area contributed by atoms with Crippen molar-refractivity contribution in [1.82, 2.24) is 10.3 Å². The van der Waals surface area contributed by atoms with Crippen LogP contribution in [0.1, 0.15) is 40.2 Å². The molecule has 108 valence electrons. The molecule has 0 fully saturated rings. The van der Waals surface area contributed by atoms with Gasteiger partial charge in [-0.3, -0.25) is 4.98 Å². The highest BCUT2D eigenvalue weighted by Gasteiger charge is 2.17. The minimum atomic E-state index is 0.695. The van der Waals surface area contributed by atoms with Crippen LogP contribution >= 0.6 is 0 Å². The van der Waals surface area contributed by atoms with E-state index in [0.717, 1.165) is 19.6 Å². The first-order valence-electron chi connectivity index (χ1n) is 7.43. The van der Waals surface area contributed by atoms with E-state index in [1.165, 1.54) is 11.3 Å². The summed E-state index contributed by atoms with van der Waals surface area (Å²) in [5, 5.41) is 6.96. The van der Waals surface area contributed by atoms with Crippen LogP contribution in [0.15, 0.2) is 18.5 Å². The molecule has 0 saturated heterocycles. The van der Waals surface area contributed by atoms with E-state index in [9.17, 15) is 0 Å². The van der Waals surface area contributed by atoms with Crippen molar-refractivity contribution in [1.29, 1.82) is 0 Å². The second-order valence-electron chi connectivity index (χ2n) is 5.85. The van der Waals surface area contributed by atoms with E-state index < -0.39 is 0 Å². The first kappa shape index (κ1) is 16.0. The van der Waals surface area contributed by atoms with Crippen LogP contribution in [-0.4, -0.2) is 18.1 Å². The maximum atomic E-state index is 4.22. The van der Waals surface area contributed by atoms with Gasteiger partial charge in [0.15, 0.2) is 0 Å². The van der Waals surface area contributed by atoms with Gasteiger partial charge in [0.2, 0.25) is 0 Å². The van der Waals surface area contributed by atoms with Crippen LogP contribution in [0.2, 0.25) is 0 Å².